The van der Waals surface area contributed by atoms with Crippen molar-refractivity contribution in [1.82, 2.24) is 10.2 Å². The van der Waals surface area contributed by atoms with Gasteiger partial charge in [-0.3, -0.25) is 0 Å². The van der Waals surface area contributed by atoms with Gasteiger partial charge in [-0.15, -0.1) is 6.58 Å². The van der Waals surface area contributed by atoms with Crippen LogP contribution in [0.2, 0.25) is 0 Å². The Morgan fingerprint density at radius 1 is 1.44 bits per heavy atom. The first kappa shape index (κ1) is 16.4. The summed E-state index contributed by atoms with van der Waals surface area (Å²) in [5, 5.41) is 20.3. The third kappa shape index (κ3) is 6.24. The van der Waals surface area contributed by atoms with Crippen LogP contribution in [0.1, 0.15) is 20.3 Å². The molecule has 18 heavy (non-hydrogen) atoms. The highest BCUT2D eigenvalue weighted by Crippen LogP contribution is 2.05. The van der Waals surface area contributed by atoms with E-state index in [1.165, 1.54) is 11.0 Å². The number of nitrogens with one attached hydrogen (secondary N) is 1. The molecule has 0 bridgehead atoms. The van der Waals surface area contributed by atoms with E-state index in [0.29, 0.717) is 6.42 Å². The maximum absolute atomic E-state index is 11.8. The molecule has 0 fully saturated rings. The number of nitrogens with zero attached hydrogens (tertiary/aromatic N) is 1. The third-order valence-corrected chi connectivity index (χ3v) is 2.31. The molecule has 0 aliphatic heterocycles. The van der Waals surface area contributed by atoms with Crippen LogP contribution < -0.4 is 5.32 Å². The van der Waals surface area contributed by atoms with E-state index in [9.17, 15) is 9.59 Å². The molecule has 0 unspecified atom stereocenters. The second-order valence-corrected chi connectivity index (χ2v) is 4.43. The summed E-state index contributed by atoms with van der Waals surface area (Å²) in [5.41, 5.74) is 0. The molecule has 0 aromatic carbocycles. The molecule has 0 aliphatic rings. The molecule has 104 valence electrons. The molecule has 6 heteroatoms. The van der Waals surface area contributed by atoms with Gasteiger partial charge in [0.15, 0.2) is 0 Å². The maximum Gasteiger partial charge on any atom is 0.326 e. The highest BCUT2D eigenvalue weighted by Gasteiger charge is 2.23. The van der Waals surface area contributed by atoms with Gasteiger partial charge in [0.1, 0.15) is 6.04 Å². The van der Waals surface area contributed by atoms with Gasteiger partial charge < -0.3 is 20.4 Å². The Labute approximate surface area is 107 Å². The zero-order valence-electron chi connectivity index (χ0n) is 10.9. The fraction of sp³-hybridized carbons (Fsp3) is 0.667. The first-order chi connectivity index (χ1) is 8.42. The number of carboxylic acid groups (broad SMARTS) is 1. The van der Waals surface area contributed by atoms with Crippen molar-refractivity contribution in [3.63, 3.8) is 0 Å². The molecule has 2 amide bonds. The summed E-state index contributed by atoms with van der Waals surface area (Å²) in [6.45, 7) is 7.51. The quantitative estimate of drug-likeness (QED) is 0.558. The Balaban J connectivity index is 4.54. The SMILES string of the molecule is C=CCN(CCO)C(=O)N[C@@H](CC(C)C)C(=O)O. The molecular formula is C12H22N2O4. The largest absolute Gasteiger partial charge is 0.480 e. The molecule has 6 nitrogen and oxygen atoms in total. The molecule has 0 heterocycles. The Morgan fingerprint density at radius 2 is 2.06 bits per heavy atom. The van der Waals surface area contributed by atoms with Gasteiger partial charge >= 0.3 is 12.0 Å². The zero-order valence-corrected chi connectivity index (χ0v) is 10.9. The highest BCUT2D eigenvalue weighted by atomic mass is 16.4. The van der Waals surface area contributed by atoms with Gasteiger partial charge in [-0.05, 0) is 12.3 Å². The van der Waals surface area contributed by atoms with Crippen LogP contribution >= 0.6 is 0 Å². The van der Waals surface area contributed by atoms with E-state index in [1.54, 1.807) is 0 Å². The van der Waals surface area contributed by atoms with Crippen LogP contribution in [0.15, 0.2) is 12.7 Å². The lowest BCUT2D eigenvalue weighted by molar-refractivity contribution is -0.139. The van der Waals surface area contributed by atoms with Gasteiger partial charge in [-0.1, -0.05) is 19.9 Å². The van der Waals surface area contributed by atoms with E-state index in [-0.39, 0.29) is 25.6 Å². The zero-order chi connectivity index (χ0) is 14.1. The number of urea groups is 1. The number of hydrogen-bond donors (Lipinski definition) is 3. The van der Waals surface area contributed by atoms with Crippen LogP contribution in [0, 0.1) is 5.92 Å². The molecule has 0 rings (SSSR count). The third-order valence-electron chi connectivity index (χ3n) is 2.31. The first-order valence-corrected chi connectivity index (χ1v) is 5.92. The van der Waals surface area contributed by atoms with Gasteiger partial charge in [0, 0.05) is 13.1 Å². The lowest BCUT2D eigenvalue weighted by atomic mass is 10.0. The minimum Gasteiger partial charge on any atom is -0.480 e. The van der Waals surface area contributed by atoms with Crippen molar-refractivity contribution in [3.8, 4) is 0 Å². The second-order valence-electron chi connectivity index (χ2n) is 4.43. The Morgan fingerprint density at radius 3 is 2.44 bits per heavy atom. The topological polar surface area (TPSA) is 89.9 Å². The number of aliphatic hydroxyl groups is 1. The maximum atomic E-state index is 11.8. The minimum absolute atomic E-state index is 0.145. The predicted molar refractivity (Wildman–Crippen MR) is 68.3 cm³/mol. The molecule has 3 N–H and O–H groups in total. The van der Waals surface area contributed by atoms with E-state index in [2.05, 4.69) is 11.9 Å². The van der Waals surface area contributed by atoms with E-state index in [4.69, 9.17) is 10.2 Å². The summed E-state index contributed by atoms with van der Waals surface area (Å²) >= 11 is 0. The van der Waals surface area contributed by atoms with Crippen LogP contribution in [0.4, 0.5) is 4.79 Å². The van der Waals surface area contributed by atoms with Gasteiger partial charge in [-0.2, -0.15) is 0 Å². The van der Waals surface area contributed by atoms with Gasteiger partial charge in [-0.25, -0.2) is 9.59 Å². The Bertz CT molecular complexity index is 292. The molecule has 0 spiro atoms. The Kier molecular flexibility index (Phi) is 7.78. The van der Waals surface area contributed by atoms with E-state index in [0.717, 1.165) is 0 Å². The number of rotatable bonds is 8. The van der Waals surface area contributed by atoms with Crippen molar-refractivity contribution in [2.45, 2.75) is 26.3 Å². The molecule has 0 aromatic rings. The van der Waals surface area contributed by atoms with Crippen molar-refractivity contribution < 1.29 is 19.8 Å². The van der Waals surface area contributed by atoms with Gasteiger partial charge in [0.2, 0.25) is 0 Å². The number of hydrogen-bond acceptors (Lipinski definition) is 3. The number of aliphatic carboxylic acids is 1. The van der Waals surface area contributed by atoms with E-state index >= 15 is 0 Å². The van der Waals surface area contributed by atoms with E-state index < -0.39 is 18.0 Å². The van der Waals surface area contributed by atoms with Crippen molar-refractivity contribution in [1.29, 1.82) is 0 Å². The molecule has 0 aromatic heterocycles. The minimum atomic E-state index is -1.06. The number of aliphatic hydroxyl groups excluding tert-OH is 1. The summed E-state index contributed by atoms with van der Waals surface area (Å²) in [7, 11) is 0. The summed E-state index contributed by atoms with van der Waals surface area (Å²) < 4.78 is 0. The van der Waals surface area contributed by atoms with Crippen LogP contribution in [0.25, 0.3) is 0 Å². The molecule has 1 atom stereocenters. The second kappa shape index (κ2) is 8.52. The number of carbonyl (C=O) groups excluding carboxylic acids is 1. The van der Waals surface area contributed by atoms with Crippen LogP contribution in [-0.4, -0.2) is 52.9 Å². The fourth-order valence-electron chi connectivity index (χ4n) is 1.49. The molecular weight excluding hydrogens is 236 g/mol. The van der Waals surface area contributed by atoms with E-state index in [1.807, 2.05) is 13.8 Å². The van der Waals surface area contributed by atoms with Crippen LogP contribution in [0.5, 0.6) is 0 Å². The molecule has 0 saturated carbocycles. The predicted octanol–water partition coefficient (Wildman–Crippen LogP) is 0.676. The standard InChI is InChI=1S/C12H22N2O4/c1-4-5-14(6-7-15)12(18)13-10(11(16)17)8-9(2)3/h4,9-10,15H,1,5-8H2,2-3H3,(H,13,18)(H,16,17)/t10-/m0/s1. The summed E-state index contributed by atoms with van der Waals surface area (Å²) in [5.74, 6) is -0.892. The van der Waals surface area contributed by atoms with Crippen molar-refractivity contribution >= 4 is 12.0 Å². The normalized spacial score (nSPS) is 12.0. The van der Waals surface area contributed by atoms with Crippen LogP contribution in [-0.2, 0) is 4.79 Å². The fourth-order valence-corrected chi connectivity index (χ4v) is 1.49. The molecule has 0 aliphatic carbocycles. The molecule has 0 radical (unpaired) electrons. The van der Waals surface area contributed by atoms with Crippen LogP contribution in [0.3, 0.4) is 0 Å². The average molecular weight is 258 g/mol. The van der Waals surface area contributed by atoms with Gasteiger partial charge in [0.25, 0.3) is 0 Å². The lowest BCUT2D eigenvalue weighted by Gasteiger charge is -2.24. The summed E-state index contributed by atoms with van der Waals surface area (Å²) in [6.07, 6.45) is 1.88. The van der Waals surface area contributed by atoms with Gasteiger partial charge in [0.05, 0.1) is 6.61 Å². The monoisotopic (exact) mass is 258 g/mol. The smallest absolute Gasteiger partial charge is 0.326 e. The van der Waals surface area contributed by atoms with Crippen molar-refractivity contribution in [2.24, 2.45) is 5.92 Å². The average Bonchev–Trinajstić information content (AvgIpc) is 2.27. The first-order valence-electron chi connectivity index (χ1n) is 5.92. The summed E-state index contributed by atoms with van der Waals surface area (Å²) in [6, 6.07) is -1.42. The molecule has 0 saturated heterocycles. The summed E-state index contributed by atoms with van der Waals surface area (Å²) in [4.78, 5) is 24.1. The number of carbonyl (C=O) groups is 2. The Hall–Kier alpha value is -1.56. The number of amides is 2. The van der Waals surface area contributed by atoms with Crippen molar-refractivity contribution in [2.75, 3.05) is 19.7 Å². The highest BCUT2D eigenvalue weighted by molar-refractivity contribution is 5.82. The van der Waals surface area contributed by atoms with Crippen molar-refractivity contribution in [3.05, 3.63) is 12.7 Å². The lowest BCUT2D eigenvalue weighted by Crippen LogP contribution is -2.49. The number of carboxylic acids is 1.